The number of pyridine rings is 1. The fourth-order valence-corrected chi connectivity index (χ4v) is 3.00. The SMILES string of the molecule is COc1ccc(-c2cccc(C(C#N)C(=O)CNc3ccccc3F)n2)cc1C. The summed E-state index contributed by atoms with van der Waals surface area (Å²) in [7, 11) is 1.61. The number of anilines is 1. The third-order valence-corrected chi connectivity index (χ3v) is 4.54. The van der Waals surface area contributed by atoms with Crippen molar-refractivity contribution in [3.63, 3.8) is 0 Å². The second kappa shape index (κ2) is 8.98. The van der Waals surface area contributed by atoms with Gasteiger partial charge < -0.3 is 10.1 Å². The summed E-state index contributed by atoms with van der Waals surface area (Å²) >= 11 is 0. The number of ketones is 1. The Kier molecular flexibility index (Phi) is 6.20. The average molecular weight is 389 g/mol. The van der Waals surface area contributed by atoms with E-state index in [0.29, 0.717) is 11.4 Å². The number of aromatic nitrogens is 1. The number of methoxy groups -OCH3 is 1. The molecule has 0 aliphatic heterocycles. The standard InChI is InChI=1S/C23H20FN3O2/c1-15-12-16(10-11-23(15)29-2)19-8-5-9-20(27-19)17(13-25)22(28)14-26-21-7-4-3-6-18(21)24/h3-12,17,26H,14H2,1-2H3. The van der Waals surface area contributed by atoms with Crippen molar-refractivity contribution in [3.8, 4) is 23.1 Å². The Balaban J connectivity index is 1.80. The van der Waals surface area contributed by atoms with Gasteiger partial charge in [-0.05, 0) is 55.0 Å². The molecule has 1 N–H and O–H groups in total. The van der Waals surface area contributed by atoms with Crippen molar-refractivity contribution in [1.29, 1.82) is 5.26 Å². The highest BCUT2D eigenvalue weighted by Gasteiger charge is 2.22. The fraction of sp³-hybridized carbons (Fsp3) is 0.174. The number of carbonyl (C=O) groups excluding carboxylic acids is 1. The van der Waals surface area contributed by atoms with Gasteiger partial charge in [-0.1, -0.05) is 18.2 Å². The first-order valence-corrected chi connectivity index (χ1v) is 9.06. The lowest BCUT2D eigenvalue weighted by Gasteiger charge is -2.12. The van der Waals surface area contributed by atoms with Crippen LogP contribution in [-0.2, 0) is 4.79 Å². The van der Waals surface area contributed by atoms with Crippen molar-refractivity contribution in [1.82, 2.24) is 4.98 Å². The third-order valence-electron chi connectivity index (χ3n) is 4.54. The summed E-state index contributed by atoms with van der Waals surface area (Å²) in [4.78, 5) is 17.1. The van der Waals surface area contributed by atoms with E-state index < -0.39 is 11.7 Å². The number of hydrogen-bond donors (Lipinski definition) is 1. The van der Waals surface area contributed by atoms with E-state index >= 15 is 0 Å². The summed E-state index contributed by atoms with van der Waals surface area (Å²) in [5.74, 6) is -1.11. The molecule has 0 amide bonds. The molecule has 0 saturated carbocycles. The highest BCUT2D eigenvalue weighted by Crippen LogP contribution is 2.26. The van der Waals surface area contributed by atoms with Crippen LogP contribution in [0.5, 0.6) is 5.75 Å². The quantitative estimate of drug-likeness (QED) is 0.644. The van der Waals surface area contributed by atoms with Gasteiger partial charge in [0.1, 0.15) is 17.5 Å². The molecule has 0 fully saturated rings. The van der Waals surface area contributed by atoms with E-state index in [1.165, 1.54) is 12.1 Å². The second-order valence-electron chi connectivity index (χ2n) is 6.49. The van der Waals surface area contributed by atoms with E-state index in [2.05, 4.69) is 10.3 Å². The molecule has 1 aromatic heterocycles. The maximum atomic E-state index is 13.7. The number of hydrogen-bond acceptors (Lipinski definition) is 5. The monoisotopic (exact) mass is 389 g/mol. The van der Waals surface area contributed by atoms with Crippen LogP contribution in [-0.4, -0.2) is 24.4 Å². The van der Waals surface area contributed by atoms with Gasteiger partial charge in [0.15, 0.2) is 5.78 Å². The minimum atomic E-state index is -1.05. The Morgan fingerprint density at radius 1 is 1.21 bits per heavy atom. The van der Waals surface area contributed by atoms with Crippen molar-refractivity contribution >= 4 is 11.5 Å². The van der Waals surface area contributed by atoms with Crippen LogP contribution in [0, 0.1) is 24.1 Å². The van der Waals surface area contributed by atoms with Crippen LogP contribution in [0.25, 0.3) is 11.3 Å². The topological polar surface area (TPSA) is 75.0 Å². The molecule has 0 bridgehead atoms. The first-order chi connectivity index (χ1) is 14.0. The van der Waals surface area contributed by atoms with Crippen molar-refractivity contribution in [2.45, 2.75) is 12.8 Å². The first-order valence-electron chi connectivity index (χ1n) is 9.06. The Hall–Kier alpha value is -3.72. The van der Waals surface area contributed by atoms with Crippen molar-refractivity contribution in [2.24, 2.45) is 0 Å². The van der Waals surface area contributed by atoms with Gasteiger partial charge in [0, 0.05) is 5.56 Å². The number of Topliss-reactive ketones (excluding diaryl/α,β-unsaturated/α-hetero) is 1. The molecule has 0 aliphatic carbocycles. The predicted octanol–water partition coefficient (Wildman–Crippen LogP) is 4.49. The molecule has 0 spiro atoms. The zero-order chi connectivity index (χ0) is 20.8. The zero-order valence-corrected chi connectivity index (χ0v) is 16.1. The molecular weight excluding hydrogens is 369 g/mol. The third kappa shape index (κ3) is 4.58. The van der Waals surface area contributed by atoms with Crippen LogP contribution >= 0.6 is 0 Å². The van der Waals surface area contributed by atoms with Gasteiger partial charge in [-0.15, -0.1) is 0 Å². The van der Waals surface area contributed by atoms with Gasteiger partial charge in [-0.3, -0.25) is 9.78 Å². The van der Waals surface area contributed by atoms with Gasteiger partial charge in [0.2, 0.25) is 0 Å². The van der Waals surface area contributed by atoms with Gasteiger partial charge in [-0.25, -0.2) is 4.39 Å². The van der Waals surface area contributed by atoms with Crippen LogP contribution in [0.2, 0.25) is 0 Å². The summed E-state index contributed by atoms with van der Waals surface area (Å²) in [5.41, 5.74) is 3.05. The molecule has 5 nitrogen and oxygen atoms in total. The minimum absolute atomic E-state index is 0.174. The van der Waals surface area contributed by atoms with Gasteiger partial charge >= 0.3 is 0 Å². The number of benzene rings is 2. The van der Waals surface area contributed by atoms with Crippen LogP contribution in [0.4, 0.5) is 10.1 Å². The zero-order valence-electron chi connectivity index (χ0n) is 16.1. The maximum absolute atomic E-state index is 13.7. The van der Waals surface area contributed by atoms with Crippen molar-refractivity contribution in [3.05, 3.63) is 77.7 Å². The number of rotatable bonds is 7. The van der Waals surface area contributed by atoms with Crippen molar-refractivity contribution < 1.29 is 13.9 Å². The molecule has 1 atom stereocenters. The number of halogens is 1. The van der Waals surface area contributed by atoms with Crippen molar-refractivity contribution in [2.75, 3.05) is 19.0 Å². The van der Waals surface area contributed by atoms with Crippen LogP contribution < -0.4 is 10.1 Å². The molecule has 3 aromatic rings. The minimum Gasteiger partial charge on any atom is -0.496 e. The Bertz CT molecular complexity index is 1080. The maximum Gasteiger partial charge on any atom is 0.175 e. The molecule has 2 aromatic carbocycles. The molecule has 146 valence electrons. The van der Waals surface area contributed by atoms with Gasteiger partial charge in [0.25, 0.3) is 0 Å². The lowest BCUT2D eigenvalue weighted by atomic mass is 9.99. The first kappa shape index (κ1) is 20.0. The molecule has 3 rings (SSSR count). The Morgan fingerprint density at radius 3 is 2.69 bits per heavy atom. The Labute approximate surface area is 168 Å². The highest BCUT2D eigenvalue weighted by molar-refractivity contribution is 5.91. The molecule has 0 saturated heterocycles. The molecule has 1 heterocycles. The fourth-order valence-electron chi connectivity index (χ4n) is 3.00. The highest BCUT2D eigenvalue weighted by atomic mass is 19.1. The normalized spacial score (nSPS) is 11.4. The summed E-state index contributed by atoms with van der Waals surface area (Å²) in [6.45, 7) is 1.76. The number of aryl methyl sites for hydroxylation is 1. The number of nitriles is 1. The number of nitrogens with one attached hydrogen (secondary N) is 1. The molecule has 0 aliphatic rings. The van der Waals surface area contributed by atoms with Crippen LogP contribution in [0.3, 0.4) is 0 Å². The van der Waals surface area contributed by atoms with E-state index in [-0.39, 0.29) is 18.0 Å². The van der Waals surface area contributed by atoms with E-state index in [1.807, 2.05) is 37.3 Å². The summed E-state index contributed by atoms with van der Waals surface area (Å²) in [6.07, 6.45) is 0. The smallest absolute Gasteiger partial charge is 0.175 e. The Morgan fingerprint density at radius 2 is 2.00 bits per heavy atom. The second-order valence-corrected chi connectivity index (χ2v) is 6.49. The van der Waals surface area contributed by atoms with E-state index in [9.17, 15) is 14.4 Å². The molecule has 0 radical (unpaired) electrons. The molecule has 6 heteroatoms. The predicted molar refractivity (Wildman–Crippen MR) is 109 cm³/mol. The molecular formula is C23H20FN3O2. The lowest BCUT2D eigenvalue weighted by molar-refractivity contribution is -0.117. The number of ether oxygens (including phenoxy) is 1. The summed E-state index contributed by atoms with van der Waals surface area (Å²) in [6, 6.07) is 19.0. The average Bonchev–Trinajstić information content (AvgIpc) is 2.74. The van der Waals surface area contributed by atoms with E-state index in [1.54, 1.807) is 31.4 Å². The number of para-hydroxylation sites is 1. The molecule has 1 unspecified atom stereocenters. The van der Waals surface area contributed by atoms with E-state index in [4.69, 9.17) is 4.74 Å². The number of nitrogens with zero attached hydrogens (tertiary/aromatic N) is 2. The van der Waals surface area contributed by atoms with E-state index in [0.717, 1.165) is 16.9 Å². The molecule has 29 heavy (non-hydrogen) atoms. The van der Waals surface area contributed by atoms with Crippen LogP contribution in [0.15, 0.2) is 60.7 Å². The number of carbonyl (C=O) groups is 1. The lowest BCUT2D eigenvalue weighted by Crippen LogP contribution is -2.21. The summed E-state index contributed by atoms with van der Waals surface area (Å²) < 4.78 is 19.0. The summed E-state index contributed by atoms with van der Waals surface area (Å²) in [5, 5.41) is 12.3. The van der Waals surface area contributed by atoms with Crippen LogP contribution in [0.1, 0.15) is 17.2 Å². The largest absolute Gasteiger partial charge is 0.496 e. The van der Waals surface area contributed by atoms with Gasteiger partial charge in [0.05, 0.1) is 36.8 Å². The van der Waals surface area contributed by atoms with Gasteiger partial charge in [-0.2, -0.15) is 5.26 Å².